The minimum absolute atomic E-state index is 0.177. The van der Waals surface area contributed by atoms with Gasteiger partial charge in [0.2, 0.25) is 5.95 Å². The number of nitrogens with zero attached hydrogens (tertiary/aromatic N) is 4. The van der Waals surface area contributed by atoms with Gasteiger partial charge in [-0.3, -0.25) is 4.79 Å². The number of primary amides is 1. The number of nitrogens with two attached hydrogens (primary N) is 1. The van der Waals surface area contributed by atoms with Gasteiger partial charge in [0.25, 0.3) is 5.91 Å². The number of para-hydroxylation sites is 1. The number of benzene rings is 2. The molecule has 2 heterocycles. The summed E-state index contributed by atoms with van der Waals surface area (Å²) in [5.74, 6) is 0.669. The van der Waals surface area contributed by atoms with Crippen LogP contribution in [0.4, 0.5) is 23.1 Å². The van der Waals surface area contributed by atoms with E-state index in [9.17, 15) is 10.1 Å². The van der Waals surface area contributed by atoms with Crippen molar-refractivity contribution in [3.8, 4) is 11.8 Å². The van der Waals surface area contributed by atoms with Crippen molar-refractivity contribution in [2.75, 3.05) is 31.3 Å². The number of likely N-dealkylation sites (N-methyl/N-ethyl adjacent to an activating group) is 1. The molecule has 2 aromatic carbocycles. The minimum Gasteiger partial charge on any atom is -0.495 e. The van der Waals surface area contributed by atoms with E-state index in [2.05, 4.69) is 50.8 Å². The summed E-state index contributed by atoms with van der Waals surface area (Å²) in [6, 6.07) is 14.3. The Kier molecular flexibility index (Phi) is 6.20. The van der Waals surface area contributed by atoms with Crippen LogP contribution in [-0.2, 0) is 19.4 Å². The molecule has 0 atom stereocenters. The Morgan fingerprint density at radius 1 is 1.22 bits per heavy atom. The summed E-state index contributed by atoms with van der Waals surface area (Å²) >= 11 is 0. The number of nitriles is 1. The molecule has 4 N–H and O–H groups in total. The van der Waals surface area contributed by atoms with E-state index >= 15 is 0 Å². The van der Waals surface area contributed by atoms with Gasteiger partial charge in [-0.2, -0.15) is 10.2 Å². The number of carbonyl (C=O) groups excluding carboxylic acids is 1. The SMILES string of the molecule is COc1cc2c(cc1Nc1ncc(C(N)=O)c(Nc3ccccc3CC3(C#N)CC3)n1)CN(C)CC2. The van der Waals surface area contributed by atoms with Gasteiger partial charge in [0.05, 0.1) is 24.3 Å². The fourth-order valence-electron chi connectivity index (χ4n) is 4.60. The summed E-state index contributed by atoms with van der Waals surface area (Å²) in [5, 5.41) is 16.1. The molecule has 3 aromatic rings. The van der Waals surface area contributed by atoms with E-state index in [4.69, 9.17) is 10.5 Å². The molecule has 1 aliphatic heterocycles. The lowest BCUT2D eigenvalue weighted by Crippen LogP contribution is -2.26. The summed E-state index contributed by atoms with van der Waals surface area (Å²) in [7, 11) is 3.74. The molecule has 9 nitrogen and oxygen atoms in total. The molecule has 0 saturated heterocycles. The Bertz CT molecular complexity index is 1360. The van der Waals surface area contributed by atoms with E-state index in [1.807, 2.05) is 24.3 Å². The molecule has 0 spiro atoms. The molecule has 1 aliphatic carbocycles. The van der Waals surface area contributed by atoms with Gasteiger partial charge in [-0.15, -0.1) is 0 Å². The Morgan fingerprint density at radius 3 is 2.75 bits per heavy atom. The van der Waals surface area contributed by atoms with Crippen molar-refractivity contribution in [3.63, 3.8) is 0 Å². The summed E-state index contributed by atoms with van der Waals surface area (Å²) in [5.41, 5.74) is 10.5. The Balaban J connectivity index is 1.46. The quantitative estimate of drug-likeness (QED) is 0.440. The predicted octanol–water partition coefficient (Wildman–Crippen LogP) is 3.91. The summed E-state index contributed by atoms with van der Waals surface area (Å²) < 4.78 is 5.63. The zero-order valence-electron chi connectivity index (χ0n) is 20.5. The van der Waals surface area contributed by atoms with Crippen molar-refractivity contribution < 1.29 is 9.53 Å². The molecule has 36 heavy (non-hydrogen) atoms. The van der Waals surface area contributed by atoms with Crippen molar-refractivity contribution in [1.82, 2.24) is 14.9 Å². The summed E-state index contributed by atoms with van der Waals surface area (Å²) in [6.45, 7) is 1.86. The lowest BCUT2D eigenvalue weighted by atomic mass is 9.97. The van der Waals surface area contributed by atoms with Crippen LogP contribution in [0.3, 0.4) is 0 Å². The molecular formula is C27H29N7O2. The molecule has 1 saturated carbocycles. The van der Waals surface area contributed by atoms with Crippen LogP contribution in [0.2, 0.25) is 0 Å². The number of amides is 1. The molecule has 184 valence electrons. The zero-order chi connectivity index (χ0) is 25.3. The van der Waals surface area contributed by atoms with Gasteiger partial charge in [0.1, 0.15) is 17.1 Å². The van der Waals surface area contributed by atoms with E-state index in [-0.39, 0.29) is 11.0 Å². The summed E-state index contributed by atoms with van der Waals surface area (Å²) in [4.78, 5) is 23.4. The highest BCUT2D eigenvalue weighted by atomic mass is 16.5. The van der Waals surface area contributed by atoms with Crippen LogP contribution in [0, 0.1) is 16.7 Å². The third-order valence-corrected chi connectivity index (χ3v) is 6.92. The van der Waals surface area contributed by atoms with Crippen LogP contribution in [0.5, 0.6) is 5.75 Å². The molecule has 2 aliphatic rings. The van der Waals surface area contributed by atoms with E-state index in [0.29, 0.717) is 23.9 Å². The lowest BCUT2D eigenvalue weighted by Gasteiger charge is -2.26. The number of aromatic nitrogens is 2. The number of carbonyl (C=O) groups is 1. The van der Waals surface area contributed by atoms with Crippen LogP contribution < -0.4 is 21.1 Å². The third kappa shape index (κ3) is 4.81. The average Bonchev–Trinajstić information content (AvgIpc) is 3.64. The molecular weight excluding hydrogens is 454 g/mol. The Labute approximate surface area is 210 Å². The summed E-state index contributed by atoms with van der Waals surface area (Å²) in [6.07, 6.45) is 4.80. The maximum absolute atomic E-state index is 12.2. The van der Waals surface area contributed by atoms with Crippen molar-refractivity contribution in [3.05, 3.63) is 64.8 Å². The molecule has 0 bridgehead atoms. The van der Waals surface area contributed by atoms with Gasteiger partial charge < -0.3 is 26.0 Å². The van der Waals surface area contributed by atoms with E-state index in [1.54, 1.807) is 7.11 Å². The maximum Gasteiger partial charge on any atom is 0.254 e. The molecule has 0 unspecified atom stereocenters. The van der Waals surface area contributed by atoms with Crippen LogP contribution in [0.15, 0.2) is 42.6 Å². The van der Waals surface area contributed by atoms with Crippen molar-refractivity contribution in [1.29, 1.82) is 5.26 Å². The molecule has 9 heteroatoms. The Morgan fingerprint density at radius 2 is 2.03 bits per heavy atom. The number of ether oxygens (including phenoxy) is 1. The number of rotatable bonds is 8. The largest absolute Gasteiger partial charge is 0.495 e. The van der Waals surface area contributed by atoms with E-state index in [0.717, 1.165) is 49.3 Å². The van der Waals surface area contributed by atoms with E-state index in [1.165, 1.54) is 17.3 Å². The minimum atomic E-state index is -0.633. The van der Waals surface area contributed by atoms with Crippen LogP contribution in [0.1, 0.15) is 39.9 Å². The molecule has 5 rings (SSSR count). The standard InChI is InChI=1S/C27H29N7O2/c1-34-10-7-17-12-23(36-2)22(11-19(17)15-34)32-26-30-14-20(24(29)35)25(33-26)31-21-6-4-3-5-18(21)13-27(16-28)8-9-27/h3-6,11-12,14H,7-10,13,15H2,1-2H3,(H2,29,35)(H2,30,31,32,33). The highest BCUT2D eigenvalue weighted by Crippen LogP contribution is 2.48. The van der Waals surface area contributed by atoms with Crippen molar-refractivity contribution in [2.24, 2.45) is 11.1 Å². The topological polar surface area (TPSA) is 129 Å². The number of fused-ring (bicyclic) bond motifs is 1. The lowest BCUT2D eigenvalue weighted by molar-refractivity contribution is 0.100. The second kappa shape index (κ2) is 9.47. The fraction of sp³-hybridized carbons (Fsp3) is 0.333. The average molecular weight is 484 g/mol. The molecule has 1 fully saturated rings. The number of methoxy groups -OCH3 is 1. The van der Waals surface area contributed by atoms with Gasteiger partial charge in [0.15, 0.2) is 0 Å². The van der Waals surface area contributed by atoms with Crippen LogP contribution in [-0.4, -0.2) is 41.5 Å². The highest BCUT2D eigenvalue weighted by Gasteiger charge is 2.43. The number of hydrogen-bond donors (Lipinski definition) is 3. The first kappa shape index (κ1) is 23.6. The van der Waals surface area contributed by atoms with Gasteiger partial charge in [-0.1, -0.05) is 18.2 Å². The van der Waals surface area contributed by atoms with Gasteiger partial charge in [0, 0.05) is 25.0 Å². The second-order valence-electron chi connectivity index (χ2n) is 9.61. The first-order chi connectivity index (χ1) is 17.4. The second-order valence-corrected chi connectivity index (χ2v) is 9.61. The third-order valence-electron chi connectivity index (χ3n) is 6.92. The molecule has 0 radical (unpaired) electrons. The van der Waals surface area contributed by atoms with Gasteiger partial charge >= 0.3 is 0 Å². The molecule has 1 aromatic heterocycles. The fourth-order valence-corrected chi connectivity index (χ4v) is 4.60. The van der Waals surface area contributed by atoms with Crippen LogP contribution >= 0.6 is 0 Å². The first-order valence-corrected chi connectivity index (χ1v) is 12.0. The van der Waals surface area contributed by atoms with Crippen molar-refractivity contribution in [2.45, 2.75) is 32.2 Å². The number of hydrogen-bond acceptors (Lipinski definition) is 8. The smallest absolute Gasteiger partial charge is 0.254 e. The maximum atomic E-state index is 12.2. The first-order valence-electron chi connectivity index (χ1n) is 12.0. The number of anilines is 4. The zero-order valence-corrected chi connectivity index (χ0v) is 20.5. The van der Waals surface area contributed by atoms with Crippen LogP contribution in [0.25, 0.3) is 0 Å². The molecule has 1 amide bonds. The van der Waals surface area contributed by atoms with E-state index < -0.39 is 5.91 Å². The highest BCUT2D eigenvalue weighted by molar-refractivity contribution is 5.98. The van der Waals surface area contributed by atoms with Gasteiger partial charge in [-0.05, 0) is 67.6 Å². The predicted molar refractivity (Wildman–Crippen MR) is 138 cm³/mol. The normalized spacial score (nSPS) is 15.9. The van der Waals surface area contributed by atoms with Crippen molar-refractivity contribution >= 4 is 29.0 Å². The Hall–Kier alpha value is -4.16. The number of nitrogens with one attached hydrogen (secondary N) is 2. The van der Waals surface area contributed by atoms with Gasteiger partial charge in [-0.25, -0.2) is 4.98 Å². The monoisotopic (exact) mass is 483 g/mol.